The number of hydrogen-bond acceptors (Lipinski definition) is 6. The third kappa shape index (κ3) is 6.19. The van der Waals surface area contributed by atoms with Gasteiger partial charge in [0, 0.05) is 17.0 Å². The summed E-state index contributed by atoms with van der Waals surface area (Å²) in [5.74, 6) is -3.08. The molecule has 0 aliphatic rings. The molecule has 0 unspecified atom stereocenters. The lowest BCUT2D eigenvalue weighted by Gasteiger charge is -2.13. The molecule has 1 amide bonds. The van der Waals surface area contributed by atoms with Gasteiger partial charge in [-0.2, -0.15) is 8.78 Å². The molecule has 1 N–H and O–H groups in total. The van der Waals surface area contributed by atoms with E-state index in [0.29, 0.717) is 45.1 Å². The fourth-order valence-corrected chi connectivity index (χ4v) is 4.34. The number of methoxy groups -OCH3 is 1. The van der Waals surface area contributed by atoms with Crippen molar-refractivity contribution in [1.29, 1.82) is 0 Å². The number of hydrogen-bond donors (Lipinski definition) is 1. The molecule has 1 heterocycles. The molecule has 11 heteroatoms. The SMILES string of the molecule is COCCn1c(SCC(=O)Nc2ccccc2SC(F)F)nc2cc(Cl)ccc2c1=O. The lowest BCUT2D eigenvalue weighted by atomic mass is 10.2. The molecule has 0 spiro atoms. The Morgan fingerprint density at radius 3 is 2.81 bits per heavy atom. The number of carbonyl (C=O) groups is 1. The van der Waals surface area contributed by atoms with Crippen LogP contribution in [0, 0.1) is 0 Å². The van der Waals surface area contributed by atoms with Crippen molar-refractivity contribution >= 4 is 57.6 Å². The van der Waals surface area contributed by atoms with Gasteiger partial charge in [-0.1, -0.05) is 47.3 Å². The highest BCUT2D eigenvalue weighted by atomic mass is 35.5. The summed E-state index contributed by atoms with van der Waals surface area (Å²) in [5, 5.41) is 3.82. The average Bonchev–Trinajstić information content (AvgIpc) is 2.72. The summed E-state index contributed by atoms with van der Waals surface area (Å²) in [7, 11) is 1.52. The number of nitrogens with one attached hydrogen (secondary N) is 1. The maximum absolute atomic E-state index is 12.9. The Labute approximate surface area is 190 Å². The number of halogens is 3. The quantitative estimate of drug-likeness (QED) is 0.348. The van der Waals surface area contributed by atoms with Gasteiger partial charge in [-0.25, -0.2) is 4.98 Å². The number of benzene rings is 2. The maximum atomic E-state index is 12.9. The Kier molecular flexibility index (Phi) is 8.30. The van der Waals surface area contributed by atoms with Crippen molar-refractivity contribution in [2.24, 2.45) is 0 Å². The summed E-state index contributed by atoms with van der Waals surface area (Å²) in [6.45, 7) is 0.553. The van der Waals surface area contributed by atoms with Gasteiger partial charge in [0.15, 0.2) is 5.16 Å². The zero-order chi connectivity index (χ0) is 22.4. The second-order valence-electron chi connectivity index (χ2n) is 6.22. The first-order chi connectivity index (χ1) is 14.9. The molecule has 31 heavy (non-hydrogen) atoms. The Balaban J connectivity index is 1.81. The first-order valence-corrected chi connectivity index (χ1v) is 11.3. The molecule has 3 aromatic rings. The first-order valence-electron chi connectivity index (χ1n) is 9.04. The molecule has 6 nitrogen and oxygen atoms in total. The number of para-hydroxylation sites is 1. The van der Waals surface area contributed by atoms with Crippen LogP contribution >= 0.6 is 35.1 Å². The third-order valence-corrected chi connectivity index (χ3v) is 6.11. The standard InChI is InChI=1S/C20H18ClF2N3O3S2/c1-29-9-8-26-18(28)13-7-6-12(21)10-15(13)25-20(26)30-11-17(27)24-14-4-2-3-5-16(14)31-19(22)23/h2-7,10,19H,8-9,11H2,1H3,(H,24,27). The van der Waals surface area contributed by atoms with E-state index in [1.807, 2.05) is 0 Å². The van der Waals surface area contributed by atoms with Crippen LogP contribution in [0.25, 0.3) is 10.9 Å². The minimum atomic E-state index is -2.60. The van der Waals surface area contributed by atoms with Crippen LogP contribution in [0.4, 0.5) is 14.5 Å². The predicted molar refractivity (Wildman–Crippen MR) is 121 cm³/mol. The van der Waals surface area contributed by atoms with Crippen molar-refractivity contribution in [2.45, 2.75) is 22.4 Å². The summed E-state index contributed by atoms with van der Waals surface area (Å²) in [5.41, 5.74) is 0.460. The predicted octanol–water partition coefficient (Wildman–Crippen LogP) is 4.74. The van der Waals surface area contributed by atoms with Crippen LogP contribution in [0.3, 0.4) is 0 Å². The number of fused-ring (bicyclic) bond motifs is 1. The molecule has 0 atom stereocenters. The second kappa shape index (κ2) is 10.9. The third-order valence-electron chi connectivity index (χ3n) is 4.11. The van der Waals surface area contributed by atoms with Crippen molar-refractivity contribution in [3.8, 4) is 0 Å². The molecule has 0 saturated heterocycles. The second-order valence-corrected chi connectivity index (χ2v) is 8.63. The maximum Gasteiger partial charge on any atom is 0.288 e. The fraction of sp³-hybridized carbons (Fsp3) is 0.250. The van der Waals surface area contributed by atoms with Crippen LogP contribution < -0.4 is 10.9 Å². The van der Waals surface area contributed by atoms with Gasteiger partial charge >= 0.3 is 0 Å². The molecule has 1 aromatic heterocycles. The topological polar surface area (TPSA) is 73.2 Å². The lowest BCUT2D eigenvalue weighted by Crippen LogP contribution is -2.26. The van der Waals surface area contributed by atoms with Crippen LogP contribution in [0.15, 0.2) is 57.3 Å². The fourth-order valence-electron chi connectivity index (χ4n) is 2.75. The summed E-state index contributed by atoms with van der Waals surface area (Å²) in [4.78, 5) is 30.1. The van der Waals surface area contributed by atoms with E-state index in [9.17, 15) is 18.4 Å². The molecule has 0 fully saturated rings. The molecule has 164 valence electrons. The molecule has 0 bridgehead atoms. The van der Waals surface area contributed by atoms with Gasteiger partial charge < -0.3 is 10.1 Å². The van der Waals surface area contributed by atoms with Crippen molar-refractivity contribution in [3.05, 3.63) is 57.8 Å². The van der Waals surface area contributed by atoms with Gasteiger partial charge in [0.05, 0.1) is 35.5 Å². The number of carbonyl (C=O) groups excluding carboxylic acids is 1. The summed E-state index contributed by atoms with van der Waals surface area (Å²) in [6.07, 6.45) is 0. The highest BCUT2D eigenvalue weighted by molar-refractivity contribution is 8.00. The summed E-state index contributed by atoms with van der Waals surface area (Å²) >= 11 is 7.44. The van der Waals surface area contributed by atoms with Crippen molar-refractivity contribution < 1.29 is 18.3 Å². The van der Waals surface area contributed by atoms with Gasteiger partial charge in [0.2, 0.25) is 5.91 Å². The number of thioether (sulfide) groups is 2. The van der Waals surface area contributed by atoms with Crippen molar-refractivity contribution in [1.82, 2.24) is 9.55 Å². The van der Waals surface area contributed by atoms with Gasteiger partial charge in [0.25, 0.3) is 11.3 Å². The minimum absolute atomic E-state index is 0.0703. The molecule has 0 saturated carbocycles. The van der Waals surface area contributed by atoms with Crippen LogP contribution in [-0.2, 0) is 16.1 Å². The Bertz CT molecular complexity index is 1140. The van der Waals surface area contributed by atoms with E-state index in [4.69, 9.17) is 16.3 Å². The summed E-state index contributed by atoms with van der Waals surface area (Å²) < 4.78 is 32.0. The van der Waals surface area contributed by atoms with Crippen LogP contribution in [0.2, 0.25) is 5.02 Å². The van der Waals surface area contributed by atoms with E-state index in [1.165, 1.54) is 17.7 Å². The van der Waals surface area contributed by atoms with Gasteiger partial charge in [-0.15, -0.1) is 0 Å². The zero-order valence-electron chi connectivity index (χ0n) is 16.3. The molecular formula is C20H18ClF2N3O3S2. The van der Waals surface area contributed by atoms with Crippen molar-refractivity contribution in [3.63, 3.8) is 0 Å². The Morgan fingerprint density at radius 1 is 1.29 bits per heavy atom. The van der Waals surface area contributed by atoms with Crippen LogP contribution in [0.5, 0.6) is 0 Å². The van der Waals surface area contributed by atoms with Gasteiger partial charge in [-0.05, 0) is 30.3 Å². The molecule has 0 radical (unpaired) electrons. The Hall–Kier alpha value is -2.14. The van der Waals surface area contributed by atoms with Crippen LogP contribution in [0.1, 0.15) is 0 Å². The number of alkyl halides is 2. The highest BCUT2D eigenvalue weighted by Crippen LogP contribution is 2.31. The van der Waals surface area contributed by atoms with E-state index in [0.717, 1.165) is 11.8 Å². The average molecular weight is 486 g/mol. The van der Waals surface area contributed by atoms with Gasteiger partial charge in [0.1, 0.15) is 0 Å². The minimum Gasteiger partial charge on any atom is -0.383 e. The smallest absolute Gasteiger partial charge is 0.288 e. The van der Waals surface area contributed by atoms with E-state index in [1.54, 1.807) is 36.4 Å². The molecule has 3 rings (SSSR count). The molecule has 0 aliphatic heterocycles. The van der Waals surface area contributed by atoms with Gasteiger partial charge in [-0.3, -0.25) is 14.2 Å². The van der Waals surface area contributed by atoms with E-state index in [-0.39, 0.29) is 22.8 Å². The monoisotopic (exact) mass is 485 g/mol. The molecule has 0 aliphatic carbocycles. The lowest BCUT2D eigenvalue weighted by molar-refractivity contribution is -0.113. The van der Waals surface area contributed by atoms with E-state index >= 15 is 0 Å². The van der Waals surface area contributed by atoms with E-state index in [2.05, 4.69) is 10.3 Å². The number of ether oxygens (including phenoxy) is 1. The van der Waals surface area contributed by atoms with E-state index < -0.39 is 11.7 Å². The number of amides is 1. The molecular weight excluding hydrogens is 468 g/mol. The largest absolute Gasteiger partial charge is 0.383 e. The number of nitrogens with zero attached hydrogens (tertiary/aromatic N) is 2. The van der Waals surface area contributed by atoms with Crippen molar-refractivity contribution in [2.75, 3.05) is 24.8 Å². The zero-order valence-corrected chi connectivity index (χ0v) is 18.7. The molecule has 2 aromatic carbocycles. The summed E-state index contributed by atoms with van der Waals surface area (Å²) in [6, 6.07) is 11.1. The number of aromatic nitrogens is 2. The Morgan fingerprint density at radius 2 is 2.06 bits per heavy atom. The first kappa shape index (κ1) is 23.5. The number of anilines is 1. The van der Waals surface area contributed by atoms with Crippen LogP contribution in [-0.4, -0.2) is 40.7 Å². The normalized spacial score (nSPS) is 11.3. The highest BCUT2D eigenvalue weighted by Gasteiger charge is 2.15. The number of rotatable bonds is 9.